The van der Waals surface area contributed by atoms with Gasteiger partial charge in [0.15, 0.2) is 5.96 Å². The first kappa shape index (κ1) is 23.4. The second kappa shape index (κ2) is 12.6. The molecule has 1 unspecified atom stereocenters. The maximum Gasteiger partial charge on any atom is 0.191 e. The predicted octanol–water partition coefficient (Wildman–Crippen LogP) is 4.01. The molecule has 0 bridgehead atoms. The number of nitrogens with one attached hydrogen (secondary N) is 2. The number of rotatable bonds is 9. The van der Waals surface area contributed by atoms with Crippen LogP contribution in [0.4, 0.5) is 0 Å². The molecule has 0 radical (unpaired) electrons. The lowest BCUT2D eigenvalue weighted by Gasteiger charge is -2.11. The van der Waals surface area contributed by atoms with Crippen LogP contribution in [0.3, 0.4) is 0 Å². The Labute approximate surface area is 192 Å². The topological polar surface area (TPSA) is 58.4 Å². The minimum Gasteiger partial charge on any atom is -0.357 e. The molecular weight excluding hydrogens is 495 g/mol. The number of hydrogen-bond donors (Lipinski definition) is 2. The first-order chi connectivity index (χ1) is 13.8. The molecule has 2 aromatic carbocycles. The fourth-order valence-electron chi connectivity index (χ4n) is 3.06. The summed E-state index contributed by atoms with van der Waals surface area (Å²) < 4.78 is 14.6. The molecule has 3 rings (SSSR count). The summed E-state index contributed by atoms with van der Waals surface area (Å²) in [5.41, 5.74) is 1.26. The lowest BCUT2D eigenvalue weighted by molar-refractivity contribution is 0.666. The summed E-state index contributed by atoms with van der Waals surface area (Å²) >= 11 is 0. The van der Waals surface area contributed by atoms with Gasteiger partial charge in [0, 0.05) is 48.5 Å². The minimum absolute atomic E-state index is 0. The molecule has 29 heavy (non-hydrogen) atoms. The van der Waals surface area contributed by atoms with Crippen molar-refractivity contribution >= 4 is 51.6 Å². The number of halogens is 1. The van der Waals surface area contributed by atoms with Gasteiger partial charge in [-0.15, -0.1) is 24.0 Å². The van der Waals surface area contributed by atoms with Gasteiger partial charge >= 0.3 is 0 Å². The summed E-state index contributed by atoms with van der Waals surface area (Å²) in [7, 11) is -0.994. The fraction of sp³-hybridized carbons (Fsp3) is 0.318. The number of aromatic nitrogens is 1. The van der Waals surface area contributed by atoms with Crippen LogP contribution in [0.15, 0.2) is 76.7 Å². The summed E-state index contributed by atoms with van der Waals surface area (Å²) in [6.07, 6.45) is 3.10. The molecule has 0 aliphatic heterocycles. The normalized spacial score (nSPS) is 12.4. The van der Waals surface area contributed by atoms with E-state index in [-0.39, 0.29) is 24.0 Å². The largest absolute Gasteiger partial charge is 0.357 e. The van der Waals surface area contributed by atoms with Crippen LogP contribution in [0.1, 0.15) is 13.3 Å². The molecule has 0 aliphatic carbocycles. The van der Waals surface area contributed by atoms with Crippen molar-refractivity contribution in [1.82, 2.24) is 15.2 Å². The fourth-order valence-corrected chi connectivity index (χ4v) is 4.05. The zero-order chi connectivity index (χ0) is 19.6. The van der Waals surface area contributed by atoms with E-state index in [1.165, 1.54) is 10.9 Å². The third kappa shape index (κ3) is 7.15. The molecule has 7 heteroatoms. The van der Waals surface area contributed by atoms with Crippen molar-refractivity contribution in [3.63, 3.8) is 0 Å². The summed E-state index contributed by atoms with van der Waals surface area (Å²) in [6, 6.07) is 20.1. The molecule has 0 spiro atoms. The van der Waals surface area contributed by atoms with Crippen LogP contribution in [-0.2, 0) is 17.3 Å². The summed E-state index contributed by atoms with van der Waals surface area (Å²) in [5, 5.41) is 7.81. The Kier molecular flexibility index (Phi) is 10.2. The third-order valence-electron chi connectivity index (χ3n) is 4.44. The van der Waals surface area contributed by atoms with E-state index in [0.717, 1.165) is 36.9 Å². The van der Waals surface area contributed by atoms with Crippen molar-refractivity contribution < 1.29 is 4.21 Å². The van der Waals surface area contributed by atoms with Crippen LogP contribution in [-0.4, -0.2) is 40.1 Å². The first-order valence-electron chi connectivity index (χ1n) is 9.77. The average molecular weight is 524 g/mol. The molecule has 1 atom stereocenters. The van der Waals surface area contributed by atoms with E-state index in [0.29, 0.717) is 12.3 Å². The van der Waals surface area contributed by atoms with Crippen molar-refractivity contribution in [3.8, 4) is 0 Å². The number of hydrogen-bond acceptors (Lipinski definition) is 2. The lowest BCUT2D eigenvalue weighted by Crippen LogP contribution is -2.39. The van der Waals surface area contributed by atoms with Gasteiger partial charge in [-0.2, -0.15) is 0 Å². The monoisotopic (exact) mass is 524 g/mol. The van der Waals surface area contributed by atoms with Crippen LogP contribution < -0.4 is 10.6 Å². The smallest absolute Gasteiger partial charge is 0.191 e. The number of nitrogens with zero attached hydrogens (tertiary/aromatic N) is 2. The first-order valence-corrected chi connectivity index (χ1v) is 11.1. The van der Waals surface area contributed by atoms with Gasteiger partial charge in [0.1, 0.15) is 0 Å². The highest BCUT2D eigenvalue weighted by molar-refractivity contribution is 14.0. The van der Waals surface area contributed by atoms with E-state index >= 15 is 0 Å². The molecule has 3 aromatic rings. The Morgan fingerprint density at radius 1 is 1.03 bits per heavy atom. The third-order valence-corrected chi connectivity index (χ3v) is 5.81. The number of aryl methyl sites for hydroxylation is 1. The highest BCUT2D eigenvalue weighted by atomic mass is 127. The highest BCUT2D eigenvalue weighted by Crippen LogP contribution is 2.15. The predicted molar refractivity (Wildman–Crippen MR) is 134 cm³/mol. The SMILES string of the molecule is CCNC(=NCCCn1ccc2ccccc21)NCCS(=O)c1ccccc1.I. The molecular formula is C22H29IN4OS. The van der Waals surface area contributed by atoms with E-state index in [2.05, 4.69) is 56.7 Å². The average Bonchev–Trinajstić information content (AvgIpc) is 3.15. The Balaban J connectivity index is 0.00000300. The Hall–Kier alpha value is -1.87. The van der Waals surface area contributed by atoms with Gasteiger partial charge in [0.25, 0.3) is 0 Å². The van der Waals surface area contributed by atoms with Crippen molar-refractivity contribution in [2.45, 2.75) is 24.8 Å². The van der Waals surface area contributed by atoms with Crippen molar-refractivity contribution in [3.05, 3.63) is 66.9 Å². The van der Waals surface area contributed by atoms with Gasteiger partial charge in [-0.05, 0) is 43.0 Å². The molecule has 0 saturated carbocycles. The molecule has 2 N–H and O–H groups in total. The lowest BCUT2D eigenvalue weighted by atomic mass is 10.2. The Morgan fingerprint density at radius 2 is 1.79 bits per heavy atom. The molecule has 5 nitrogen and oxygen atoms in total. The van der Waals surface area contributed by atoms with Gasteiger partial charge < -0.3 is 15.2 Å². The van der Waals surface area contributed by atoms with Gasteiger partial charge in [-0.3, -0.25) is 9.20 Å². The van der Waals surface area contributed by atoms with E-state index < -0.39 is 10.8 Å². The zero-order valence-electron chi connectivity index (χ0n) is 16.7. The zero-order valence-corrected chi connectivity index (χ0v) is 19.9. The van der Waals surface area contributed by atoms with Crippen LogP contribution in [0.2, 0.25) is 0 Å². The molecule has 1 heterocycles. The Bertz CT molecular complexity index is 927. The number of benzene rings is 2. The van der Waals surface area contributed by atoms with E-state index in [1.807, 2.05) is 37.3 Å². The highest BCUT2D eigenvalue weighted by Gasteiger charge is 2.04. The molecule has 156 valence electrons. The van der Waals surface area contributed by atoms with Crippen LogP contribution in [0, 0.1) is 0 Å². The van der Waals surface area contributed by atoms with Gasteiger partial charge in [-0.1, -0.05) is 36.4 Å². The summed E-state index contributed by atoms with van der Waals surface area (Å²) in [6.45, 7) is 5.15. The molecule has 0 saturated heterocycles. The minimum atomic E-state index is -0.994. The molecule has 0 amide bonds. The summed E-state index contributed by atoms with van der Waals surface area (Å²) in [4.78, 5) is 5.51. The van der Waals surface area contributed by atoms with Crippen molar-refractivity contribution in [2.24, 2.45) is 4.99 Å². The quantitative estimate of drug-likeness (QED) is 0.193. The maximum absolute atomic E-state index is 12.3. The Morgan fingerprint density at radius 3 is 2.59 bits per heavy atom. The van der Waals surface area contributed by atoms with Crippen molar-refractivity contribution in [1.29, 1.82) is 0 Å². The van der Waals surface area contributed by atoms with E-state index in [9.17, 15) is 4.21 Å². The van der Waals surface area contributed by atoms with Gasteiger partial charge in [0.05, 0.1) is 10.8 Å². The summed E-state index contributed by atoms with van der Waals surface area (Å²) in [5.74, 6) is 1.34. The standard InChI is InChI=1S/C22H28N4OS.HI/c1-2-23-22(25-15-18-28(27)20-10-4-3-5-11-20)24-14-8-16-26-17-13-19-9-6-7-12-21(19)26;/h3-7,9-13,17H,2,8,14-16,18H2,1H3,(H2,23,24,25);1H. The number of para-hydroxylation sites is 1. The van der Waals surface area contributed by atoms with Crippen LogP contribution in [0.25, 0.3) is 10.9 Å². The number of fused-ring (bicyclic) bond motifs is 1. The second-order valence-corrected chi connectivity index (χ2v) is 8.04. The second-order valence-electron chi connectivity index (χ2n) is 6.47. The van der Waals surface area contributed by atoms with Gasteiger partial charge in [-0.25, -0.2) is 0 Å². The van der Waals surface area contributed by atoms with E-state index in [4.69, 9.17) is 0 Å². The molecule has 0 aliphatic rings. The van der Waals surface area contributed by atoms with Crippen LogP contribution >= 0.6 is 24.0 Å². The van der Waals surface area contributed by atoms with Crippen LogP contribution in [0.5, 0.6) is 0 Å². The molecule has 1 aromatic heterocycles. The van der Waals surface area contributed by atoms with E-state index in [1.54, 1.807) is 0 Å². The maximum atomic E-state index is 12.3. The molecule has 0 fully saturated rings. The number of aliphatic imine (C=N–C) groups is 1. The van der Waals surface area contributed by atoms with Crippen molar-refractivity contribution in [2.75, 3.05) is 25.4 Å². The number of guanidine groups is 1. The van der Waals surface area contributed by atoms with Gasteiger partial charge in [0.2, 0.25) is 0 Å².